The molecule has 0 aromatic heterocycles. The number of aliphatic hydroxyl groups excluding tert-OH is 1. The van der Waals surface area contributed by atoms with Crippen molar-refractivity contribution in [3.8, 4) is 0 Å². The summed E-state index contributed by atoms with van der Waals surface area (Å²) in [6, 6.07) is 0. The van der Waals surface area contributed by atoms with E-state index in [9.17, 15) is 14.7 Å². The summed E-state index contributed by atoms with van der Waals surface area (Å²) in [6.07, 6.45) is 3.05. The second kappa shape index (κ2) is 8.80. The van der Waals surface area contributed by atoms with Crippen LogP contribution in [0, 0.1) is 29.6 Å². The number of ketones is 1. The number of allylic oxidation sites excluding steroid dienone is 2. The number of ether oxygens (including phenoxy) is 1. The number of Topliss-reactive ketones (excluding diaryl/α,β-unsaturated/α-hetero) is 1. The quantitative estimate of drug-likeness (QED) is 0.513. The van der Waals surface area contributed by atoms with Gasteiger partial charge in [-0.2, -0.15) is 0 Å². The lowest BCUT2D eigenvalue weighted by molar-refractivity contribution is -0.188. The van der Waals surface area contributed by atoms with Gasteiger partial charge in [0, 0.05) is 11.8 Å². The summed E-state index contributed by atoms with van der Waals surface area (Å²) in [4.78, 5) is 23.8. The average molecular weight is 338 g/mol. The molecular weight excluding hydrogens is 304 g/mol. The van der Waals surface area contributed by atoms with Gasteiger partial charge in [0.15, 0.2) is 0 Å². The number of cyclic esters (lactones) is 1. The van der Waals surface area contributed by atoms with E-state index in [-0.39, 0.29) is 47.4 Å². The molecule has 1 heterocycles. The van der Waals surface area contributed by atoms with Crippen LogP contribution >= 0.6 is 0 Å². The van der Waals surface area contributed by atoms with Crippen LogP contribution in [-0.4, -0.2) is 29.1 Å². The lowest BCUT2D eigenvalue weighted by Crippen LogP contribution is -2.47. The van der Waals surface area contributed by atoms with E-state index >= 15 is 0 Å². The highest BCUT2D eigenvalue weighted by molar-refractivity contribution is 5.85. The summed E-state index contributed by atoms with van der Waals surface area (Å²) in [5.41, 5.74) is 1.13. The molecule has 1 N–H and O–H groups in total. The zero-order valence-electron chi connectivity index (χ0n) is 16.2. The molecule has 4 heteroatoms. The van der Waals surface area contributed by atoms with E-state index in [1.165, 1.54) is 0 Å². The first-order valence-corrected chi connectivity index (χ1v) is 9.19. The fourth-order valence-electron chi connectivity index (χ4n) is 3.53. The smallest absolute Gasteiger partial charge is 0.312 e. The van der Waals surface area contributed by atoms with Gasteiger partial charge in [-0.25, -0.2) is 0 Å². The fourth-order valence-corrected chi connectivity index (χ4v) is 3.53. The maximum Gasteiger partial charge on any atom is 0.312 e. The number of esters is 1. The summed E-state index contributed by atoms with van der Waals surface area (Å²) in [6.45, 7) is 13.7. The summed E-state index contributed by atoms with van der Waals surface area (Å²) in [5.74, 6) is -0.271. The molecule has 0 aromatic carbocycles. The van der Waals surface area contributed by atoms with E-state index in [0.29, 0.717) is 0 Å². The predicted molar refractivity (Wildman–Crippen MR) is 95.4 cm³/mol. The number of rotatable bonds is 9. The van der Waals surface area contributed by atoms with Gasteiger partial charge in [0.05, 0.1) is 12.0 Å². The molecule has 0 spiro atoms. The van der Waals surface area contributed by atoms with Gasteiger partial charge < -0.3 is 9.84 Å². The molecule has 1 rings (SSSR count). The molecule has 0 saturated carbocycles. The van der Waals surface area contributed by atoms with E-state index in [2.05, 4.69) is 6.92 Å². The third kappa shape index (κ3) is 4.92. The molecule has 1 saturated heterocycles. The van der Waals surface area contributed by atoms with Crippen molar-refractivity contribution in [3.05, 3.63) is 11.6 Å². The first-order chi connectivity index (χ1) is 11.1. The van der Waals surface area contributed by atoms with Crippen LogP contribution in [0.2, 0.25) is 0 Å². The second-order valence-electron chi connectivity index (χ2n) is 7.74. The van der Waals surface area contributed by atoms with Crippen molar-refractivity contribution in [2.45, 2.75) is 73.5 Å². The Morgan fingerprint density at radius 3 is 2.33 bits per heavy atom. The standard InChI is InChI=1S/C20H34O4/c1-8-12(3)17(21)15(6)18(22)13(4)9-11(2)10-14(5)19-16(7)20(23)24-19/h9,12-17,19,21H,8,10H2,1-7H3/b11-9+/t12-,13+,14-,15-,16-,17-,19+/m0/s1. The molecule has 7 atom stereocenters. The van der Waals surface area contributed by atoms with Gasteiger partial charge in [0.2, 0.25) is 0 Å². The Morgan fingerprint density at radius 2 is 1.88 bits per heavy atom. The van der Waals surface area contributed by atoms with Gasteiger partial charge in [0.1, 0.15) is 11.9 Å². The third-order valence-corrected chi connectivity index (χ3v) is 5.49. The first kappa shape index (κ1) is 20.9. The first-order valence-electron chi connectivity index (χ1n) is 9.19. The minimum atomic E-state index is -0.590. The van der Waals surface area contributed by atoms with Crippen LogP contribution in [0.3, 0.4) is 0 Å². The number of hydrogen-bond donors (Lipinski definition) is 1. The number of hydrogen-bond acceptors (Lipinski definition) is 4. The molecule has 1 aliphatic heterocycles. The lowest BCUT2D eigenvalue weighted by Gasteiger charge is -2.37. The molecule has 0 amide bonds. The van der Waals surface area contributed by atoms with Gasteiger partial charge in [0.25, 0.3) is 0 Å². The van der Waals surface area contributed by atoms with Gasteiger partial charge in [-0.05, 0) is 32.1 Å². The van der Waals surface area contributed by atoms with Gasteiger partial charge in [-0.1, -0.05) is 52.7 Å². The van der Waals surface area contributed by atoms with E-state index in [0.717, 1.165) is 18.4 Å². The molecule has 138 valence electrons. The molecule has 0 radical (unpaired) electrons. The Morgan fingerprint density at radius 1 is 1.29 bits per heavy atom. The molecule has 1 aliphatic rings. The molecule has 1 fully saturated rings. The van der Waals surface area contributed by atoms with Crippen LogP contribution in [0.25, 0.3) is 0 Å². The Labute approximate surface area is 146 Å². The van der Waals surface area contributed by atoms with Gasteiger partial charge >= 0.3 is 5.97 Å². The van der Waals surface area contributed by atoms with Gasteiger partial charge in [-0.15, -0.1) is 0 Å². The van der Waals surface area contributed by atoms with Crippen molar-refractivity contribution in [2.24, 2.45) is 29.6 Å². The molecule has 0 aromatic rings. The van der Waals surface area contributed by atoms with E-state index < -0.39 is 6.10 Å². The summed E-state index contributed by atoms with van der Waals surface area (Å²) >= 11 is 0. The van der Waals surface area contributed by atoms with Crippen LogP contribution in [0.15, 0.2) is 11.6 Å². The van der Waals surface area contributed by atoms with Crippen molar-refractivity contribution in [2.75, 3.05) is 0 Å². The van der Waals surface area contributed by atoms with Crippen LogP contribution < -0.4 is 0 Å². The fraction of sp³-hybridized carbons (Fsp3) is 0.800. The Hall–Kier alpha value is -1.16. The maximum atomic E-state index is 12.5. The van der Waals surface area contributed by atoms with Crippen molar-refractivity contribution in [1.82, 2.24) is 0 Å². The molecular formula is C20H34O4. The van der Waals surface area contributed by atoms with Crippen LogP contribution in [-0.2, 0) is 14.3 Å². The zero-order chi connectivity index (χ0) is 18.6. The number of carbonyl (C=O) groups excluding carboxylic acids is 2. The van der Waals surface area contributed by atoms with Crippen molar-refractivity contribution in [1.29, 1.82) is 0 Å². The van der Waals surface area contributed by atoms with Crippen LogP contribution in [0.4, 0.5) is 0 Å². The van der Waals surface area contributed by atoms with E-state index in [1.807, 2.05) is 47.6 Å². The highest BCUT2D eigenvalue weighted by Crippen LogP contribution is 2.32. The van der Waals surface area contributed by atoms with Crippen LogP contribution in [0.5, 0.6) is 0 Å². The van der Waals surface area contributed by atoms with Crippen LogP contribution in [0.1, 0.15) is 61.3 Å². The average Bonchev–Trinajstić information content (AvgIpc) is 2.55. The molecule has 4 nitrogen and oxygen atoms in total. The Balaban J connectivity index is 2.60. The zero-order valence-corrected chi connectivity index (χ0v) is 16.2. The minimum absolute atomic E-state index is 0.0157. The second-order valence-corrected chi connectivity index (χ2v) is 7.74. The normalized spacial score (nSPS) is 27.5. The topological polar surface area (TPSA) is 63.6 Å². The Bertz CT molecular complexity index is 482. The SMILES string of the molecule is CC[C@H](C)[C@H](O)[C@H](C)C(=O)[C@H](C)/C=C(\C)C[C@H](C)[C@H]1OC(=O)[C@H]1C. The summed E-state index contributed by atoms with van der Waals surface area (Å²) in [5, 5.41) is 10.3. The van der Waals surface area contributed by atoms with Crippen molar-refractivity contribution < 1.29 is 19.4 Å². The molecule has 0 aliphatic carbocycles. The minimum Gasteiger partial charge on any atom is -0.461 e. The molecule has 0 bridgehead atoms. The lowest BCUT2D eigenvalue weighted by atomic mass is 9.82. The van der Waals surface area contributed by atoms with Crippen molar-refractivity contribution >= 4 is 11.8 Å². The third-order valence-electron chi connectivity index (χ3n) is 5.49. The largest absolute Gasteiger partial charge is 0.461 e. The summed E-state index contributed by atoms with van der Waals surface area (Å²) < 4.78 is 5.21. The highest BCUT2D eigenvalue weighted by Gasteiger charge is 2.41. The number of aliphatic hydroxyl groups is 1. The highest BCUT2D eigenvalue weighted by atomic mass is 16.6. The number of carbonyl (C=O) groups is 2. The van der Waals surface area contributed by atoms with Crippen molar-refractivity contribution in [3.63, 3.8) is 0 Å². The maximum absolute atomic E-state index is 12.5. The molecule has 0 unspecified atom stereocenters. The monoisotopic (exact) mass is 338 g/mol. The molecule has 24 heavy (non-hydrogen) atoms. The predicted octanol–water partition coefficient (Wildman–Crippen LogP) is 3.77. The summed E-state index contributed by atoms with van der Waals surface area (Å²) in [7, 11) is 0. The van der Waals surface area contributed by atoms with Gasteiger partial charge in [-0.3, -0.25) is 9.59 Å². The Kier molecular flexibility index (Phi) is 7.65. The van der Waals surface area contributed by atoms with E-state index in [1.54, 1.807) is 0 Å². The van der Waals surface area contributed by atoms with E-state index in [4.69, 9.17) is 4.74 Å².